The first-order chi connectivity index (χ1) is 6.83. The fourth-order valence-electron chi connectivity index (χ4n) is 1.29. The van der Waals surface area contributed by atoms with Crippen molar-refractivity contribution in [3.05, 3.63) is 23.2 Å². The number of aromatic nitrogens is 1. The van der Waals surface area contributed by atoms with Crippen molar-refractivity contribution in [1.82, 2.24) is 4.98 Å². The van der Waals surface area contributed by atoms with Crippen LogP contribution < -0.4 is 5.32 Å². The van der Waals surface area contributed by atoms with Gasteiger partial charge in [-0.2, -0.15) is 5.26 Å². The summed E-state index contributed by atoms with van der Waals surface area (Å²) >= 11 is 1.43. The van der Waals surface area contributed by atoms with Crippen molar-refractivity contribution >= 4 is 27.2 Å². The Morgan fingerprint density at radius 3 is 3.14 bits per heavy atom. The normalized spacial score (nSPS) is 10.0. The number of fused-ring (bicyclic) bond motifs is 1. The number of hydrogen-bond donors (Lipinski definition) is 1. The average molecular weight is 203 g/mol. The van der Waals surface area contributed by atoms with Gasteiger partial charge in [-0.3, -0.25) is 0 Å². The van der Waals surface area contributed by atoms with Crippen LogP contribution in [0, 0.1) is 11.3 Å². The van der Waals surface area contributed by atoms with Gasteiger partial charge in [0.15, 0.2) is 5.01 Å². The summed E-state index contributed by atoms with van der Waals surface area (Å²) in [6, 6.07) is 7.99. The summed E-state index contributed by atoms with van der Waals surface area (Å²) in [7, 11) is 0. The summed E-state index contributed by atoms with van der Waals surface area (Å²) in [5, 5.41) is 12.4. The van der Waals surface area contributed by atoms with Crippen molar-refractivity contribution in [2.24, 2.45) is 0 Å². The molecule has 0 aliphatic heterocycles. The van der Waals surface area contributed by atoms with Gasteiger partial charge in [0.25, 0.3) is 0 Å². The zero-order chi connectivity index (χ0) is 9.97. The van der Waals surface area contributed by atoms with Gasteiger partial charge >= 0.3 is 0 Å². The van der Waals surface area contributed by atoms with E-state index in [0.717, 1.165) is 22.4 Å². The molecule has 0 saturated carbocycles. The van der Waals surface area contributed by atoms with Crippen LogP contribution in [0.3, 0.4) is 0 Å². The molecule has 0 spiro atoms. The molecule has 4 heteroatoms. The average Bonchev–Trinajstić information content (AvgIpc) is 2.60. The first-order valence-corrected chi connectivity index (χ1v) is 5.19. The number of benzene rings is 1. The maximum atomic E-state index is 8.69. The lowest BCUT2D eigenvalue weighted by Gasteiger charge is -2.00. The second kappa shape index (κ2) is 3.64. The van der Waals surface area contributed by atoms with E-state index in [4.69, 9.17) is 5.26 Å². The van der Waals surface area contributed by atoms with Gasteiger partial charge in [-0.1, -0.05) is 0 Å². The summed E-state index contributed by atoms with van der Waals surface area (Å²) in [5.74, 6) is 0. The molecule has 0 bridgehead atoms. The Balaban J connectivity index is 2.50. The molecule has 0 saturated heterocycles. The minimum atomic E-state index is 0.522. The Bertz CT molecular complexity index is 496. The summed E-state index contributed by atoms with van der Waals surface area (Å²) in [6.45, 7) is 2.95. The van der Waals surface area contributed by atoms with Crippen molar-refractivity contribution in [2.45, 2.75) is 6.92 Å². The third kappa shape index (κ3) is 1.54. The van der Waals surface area contributed by atoms with Crippen molar-refractivity contribution in [1.29, 1.82) is 5.26 Å². The van der Waals surface area contributed by atoms with Gasteiger partial charge in [0.2, 0.25) is 0 Å². The van der Waals surface area contributed by atoms with E-state index in [9.17, 15) is 0 Å². The molecule has 2 rings (SSSR count). The van der Waals surface area contributed by atoms with E-state index < -0.39 is 0 Å². The lowest BCUT2D eigenvalue weighted by atomic mass is 10.3. The van der Waals surface area contributed by atoms with Gasteiger partial charge in [0.05, 0.1) is 10.2 Å². The van der Waals surface area contributed by atoms with E-state index in [2.05, 4.69) is 23.3 Å². The molecule has 0 atom stereocenters. The smallest absolute Gasteiger partial charge is 0.195 e. The fraction of sp³-hybridized carbons (Fsp3) is 0.200. The standard InChI is InChI=1S/C10H9N3S/c1-2-12-7-3-4-8-9(5-7)14-10(6-11)13-8/h3-5,12H,2H2,1H3. The highest BCUT2D eigenvalue weighted by Crippen LogP contribution is 2.24. The largest absolute Gasteiger partial charge is 0.385 e. The van der Waals surface area contributed by atoms with Crippen LogP contribution in [0.25, 0.3) is 10.2 Å². The lowest BCUT2D eigenvalue weighted by molar-refractivity contribution is 1.21. The Hall–Kier alpha value is -1.60. The molecule has 0 radical (unpaired) electrons. The predicted molar refractivity (Wildman–Crippen MR) is 58.5 cm³/mol. The Labute approximate surface area is 86.0 Å². The number of nitrogens with one attached hydrogen (secondary N) is 1. The van der Waals surface area contributed by atoms with Crippen LogP contribution in [0.15, 0.2) is 18.2 Å². The van der Waals surface area contributed by atoms with E-state index in [0.29, 0.717) is 5.01 Å². The quantitative estimate of drug-likeness (QED) is 0.816. The topological polar surface area (TPSA) is 48.7 Å². The molecule has 1 N–H and O–H groups in total. The Kier molecular flexibility index (Phi) is 2.33. The van der Waals surface area contributed by atoms with Crippen molar-refractivity contribution in [3.63, 3.8) is 0 Å². The van der Waals surface area contributed by atoms with E-state index in [1.54, 1.807) is 0 Å². The first-order valence-electron chi connectivity index (χ1n) is 4.38. The lowest BCUT2D eigenvalue weighted by Crippen LogP contribution is -1.95. The molecular formula is C10H9N3S. The molecule has 1 aromatic carbocycles. The molecule has 3 nitrogen and oxygen atoms in total. The van der Waals surface area contributed by atoms with Crippen LogP contribution in [0.4, 0.5) is 5.69 Å². The van der Waals surface area contributed by atoms with Gasteiger partial charge in [0, 0.05) is 12.2 Å². The summed E-state index contributed by atoms with van der Waals surface area (Å²) in [4.78, 5) is 4.16. The maximum Gasteiger partial charge on any atom is 0.195 e. The van der Waals surface area contributed by atoms with Crippen molar-refractivity contribution < 1.29 is 0 Å². The number of thiazole rings is 1. The molecule has 14 heavy (non-hydrogen) atoms. The molecule has 0 unspecified atom stereocenters. The first kappa shape index (κ1) is 8.97. The molecule has 0 aliphatic carbocycles. The van der Waals surface area contributed by atoms with Crippen LogP contribution in [-0.4, -0.2) is 11.5 Å². The van der Waals surface area contributed by atoms with E-state index in [1.165, 1.54) is 11.3 Å². The number of nitrogens with zero attached hydrogens (tertiary/aromatic N) is 2. The van der Waals surface area contributed by atoms with Gasteiger partial charge in [0.1, 0.15) is 6.07 Å². The van der Waals surface area contributed by atoms with E-state index in [-0.39, 0.29) is 0 Å². The monoisotopic (exact) mass is 203 g/mol. The number of anilines is 1. The van der Waals surface area contributed by atoms with Crippen LogP contribution in [0.2, 0.25) is 0 Å². The Morgan fingerprint density at radius 2 is 2.43 bits per heavy atom. The zero-order valence-corrected chi connectivity index (χ0v) is 8.56. The van der Waals surface area contributed by atoms with Crippen LogP contribution in [0.5, 0.6) is 0 Å². The van der Waals surface area contributed by atoms with Gasteiger partial charge < -0.3 is 5.32 Å². The molecule has 0 amide bonds. The summed E-state index contributed by atoms with van der Waals surface area (Å²) in [5.41, 5.74) is 1.97. The molecule has 1 aromatic heterocycles. The third-order valence-electron chi connectivity index (χ3n) is 1.86. The summed E-state index contributed by atoms with van der Waals surface area (Å²) < 4.78 is 1.06. The number of hydrogen-bond acceptors (Lipinski definition) is 4. The second-order valence-corrected chi connectivity index (χ2v) is 3.87. The van der Waals surface area contributed by atoms with Gasteiger partial charge in [-0.05, 0) is 25.1 Å². The predicted octanol–water partition coefficient (Wildman–Crippen LogP) is 2.60. The maximum absolute atomic E-state index is 8.69. The highest BCUT2D eigenvalue weighted by Gasteiger charge is 2.02. The van der Waals surface area contributed by atoms with Crippen LogP contribution in [0.1, 0.15) is 11.9 Å². The number of rotatable bonds is 2. The fourth-order valence-corrected chi connectivity index (χ4v) is 2.09. The van der Waals surface area contributed by atoms with E-state index in [1.807, 2.05) is 18.2 Å². The SMILES string of the molecule is CCNc1ccc2nc(C#N)sc2c1. The minimum absolute atomic E-state index is 0.522. The molecular weight excluding hydrogens is 194 g/mol. The molecule has 70 valence electrons. The van der Waals surface area contributed by atoms with E-state index >= 15 is 0 Å². The van der Waals surface area contributed by atoms with Crippen LogP contribution >= 0.6 is 11.3 Å². The van der Waals surface area contributed by atoms with Gasteiger partial charge in [-0.25, -0.2) is 4.98 Å². The molecule has 1 heterocycles. The Morgan fingerprint density at radius 1 is 1.57 bits per heavy atom. The minimum Gasteiger partial charge on any atom is -0.385 e. The third-order valence-corrected chi connectivity index (χ3v) is 2.79. The van der Waals surface area contributed by atoms with Crippen LogP contribution in [-0.2, 0) is 0 Å². The molecule has 0 aliphatic rings. The summed E-state index contributed by atoms with van der Waals surface area (Å²) in [6.07, 6.45) is 0. The highest BCUT2D eigenvalue weighted by molar-refractivity contribution is 7.19. The number of nitriles is 1. The van der Waals surface area contributed by atoms with Crippen molar-refractivity contribution in [2.75, 3.05) is 11.9 Å². The highest BCUT2D eigenvalue weighted by atomic mass is 32.1. The molecule has 2 aromatic rings. The van der Waals surface area contributed by atoms with Crippen molar-refractivity contribution in [3.8, 4) is 6.07 Å². The van der Waals surface area contributed by atoms with Gasteiger partial charge in [-0.15, -0.1) is 11.3 Å². The second-order valence-electron chi connectivity index (χ2n) is 2.84. The zero-order valence-electron chi connectivity index (χ0n) is 7.74. The molecule has 0 fully saturated rings.